The van der Waals surface area contributed by atoms with Gasteiger partial charge in [-0.25, -0.2) is 0 Å². The first-order valence-electron chi connectivity index (χ1n) is 10.5. The monoisotopic (exact) mass is 423 g/mol. The van der Waals surface area contributed by atoms with Crippen LogP contribution in [0, 0.1) is 6.92 Å². The number of aryl methyl sites for hydroxylation is 1. The molecule has 30 heavy (non-hydrogen) atoms. The molecule has 4 rings (SSSR count). The number of benzene rings is 1. The number of hydrogen-bond donors (Lipinski definition) is 0. The number of nitrogens with zero attached hydrogens (tertiary/aromatic N) is 5. The first kappa shape index (κ1) is 21.0. The average Bonchev–Trinajstić information content (AvgIpc) is 3.39. The minimum absolute atomic E-state index is 0.251. The first-order chi connectivity index (χ1) is 14.7. The molecule has 0 aliphatic carbocycles. The van der Waals surface area contributed by atoms with Gasteiger partial charge in [0.25, 0.3) is 0 Å². The van der Waals surface area contributed by atoms with Crippen LogP contribution in [0.4, 0.5) is 0 Å². The normalized spacial score (nSPS) is 16.4. The van der Waals surface area contributed by atoms with Crippen molar-refractivity contribution in [1.29, 1.82) is 0 Å². The quantitative estimate of drug-likeness (QED) is 0.483. The van der Waals surface area contributed by atoms with Crippen molar-refractivity contribution in [1.82, 2.24) is 24.6 Å². The molecule has 1 saturated heterocycles. The molecule has 1 aliphatic heterocycles. The number of pyridine rings is 1. The second kappa shape index (κ2) is 10.2. The van der Waals surface area contributed by atoms with Crippen molar-refractivity contribution in [3.05, 3.63) is 71.3 Å². The van der Waals surface area contributed by atoms with Crippen LogP contribution in [0.15, 0.2) is 53.9 Å². The lowest BCUT2D eigenvalue weighted by atomic mass is 10.1. The highest BCUT2D eigenvalue weighted by molar-refractivity contribution is 7.98. The van der Waals surface area contributed by atoms with E-state index in [0.29, 0.717) is 0 Å². The van der Waals surface area contributed by atoms with E-state index in [-0.39, 0.29) is 6.10 Å². The molecule has 1 unspecified atom stereocenters. The van der Waals surface area contributed by atoms with Crippen LogP contribution in [0.1, 0.15) is 35.4 Å². The molecule has 6 nitrogen and oxygen atoms in total. The standard InChI is InChI=1S/C23H29N5OS/c1-18-7-3-4-9-20(18)17-30-23-26-25-22(28(23)15-21-10-6-12-29-21)16-27(2)14-19-8-5-11-24-13-19/h3-5,7-9,11,13,21H,6,10,12,14-17H2,1-2H3. The molecular weight excluding hydrogens is 394 g/mol. The summed E-state index contributed by atoms with van der Waals surface area (Å²) in [5.74, 6) is 1.88. The Kier molecular flexibility index (Phi) is 7.15. The maximum atomic E-state index is 5.91. The van der Waals surface area contributed by atoms with Gasteiger partial charge < -0.3 is 9.30 Å². The molecule has 0 spiro atoms. The Balaban J connectivity index is 1.48. The Morgan fingerprint density at radius 2 is 2.07 bits per heavy atom. The minimum atomic E-state index is 0.251. The van der Waals surface area contributed by atoms with Gasteiger partial charge in [-0.05, 0) is 49.6 Å². The number of ether oxygens (including phenoxy) is 1. The summed E-state index contributed by atoms with van der Waals surface area (Å²) in [4.78, 5) is 6.47. The fourth-order valence-electron chi connectivity index (χ4n) is 3.73. The lowest BCUT2D eigenvalue weighted by Gasteiger charge is -2.19. The highest BCUT2D eigenvalue weighted by atomic mass is 32.2. The Bertz CT molecular complexity index is 940. The lowest BCUT2D eigenvalue weighted by Crippen LogP contribution is -2.23. The summed E-state index contributed by atoms with van der Waals surface area (Å²) in [5.41, 5.74) is 3.84. The SMILES string of the molecule is Cc1ccccc1CSc1nnc(CN(C)Cc2cccnc2)n1CC1CCCO1. The smallest absolute Gasteiger partial charge is 0.191 e. The molecule has 1 aliphatic rings. The van der Waals surface area contributed by atoms with Crippen molar-refractivity contribution in [2.75, 3.05) is 13.7 Å². The Morgan fingerprint density at radius 1 is 1.17 bits per heavy atom. The molecule has 2 aromatic heterocycles. The number of thioether (sulfide) groups is 1. The third kappa shape index (κ3) is 5.47. The van der Waals surface area contributed by atoms with E-state index in [1.165, 1.54) is 16.7 Å². The molecule has 1 aromatic carbocycles. The van der Waals surface area contributed by atoms with Crippen LogP contribution in [-0.4, -0.2) is 44.4 Å². The summed E-state index contributed by atoms with van der Waals surface area (Å²) in [5, 5.41) is 10.1. The minimum Gasteiger partial charge on any atom is -0.376 e. The molecule has 1 fully saturated rings. The van der Waals surface area contributed by atoms with E-state index in [0.717, 1.165) is 55.8 Å². The summed E-state index contributed by atoms with van der Waals surface area (Å²) in [6.07, 6.45) is 6.21. The molecule has 0 amide bonds. The Labute approximate surface area is 182 Å². The van der Waals surface area contributed by atoms with Gasteiger partial charge in [-0.1, -0.05) is 42.1 Å². The average molecular weight is 424 g/mol. The predicted octanol–water partition coefficient (Wildman–Crippen LogP) is 4.08. The largest absolute Gasteiger partial charge is 0.376 e. The van der Waals surface area contributed by atoms with Gasteiger partial charge in [-0.3, -0.25) is 9.88 Å². The van der Waals surface area contributed by atoms with E-state index >= 15 is 0 Å². The highest BCUT2D eigenvalue weighted by Crippen LogP contribution is 2.26. The molecule has 0 saturated carbocycles. The van der Waals surface area contributed by atoms with Gasteiger partial charge >= 0.3 is 0 Å². The van der Waals surface area contributed by atoms with E-state index in [1.807, 2.05) is 12.3 Å². The van der Waals surface area contributed by atoms with Gasteiger partial charge in [0.1, 0.15) is 5.82 Å². The van der Waals surface area contributed by atoms with Gasteiger partial charge in [0.05, 0.1) is 19.2 Å². The zero-order chi connectivity index (χ0) is 20.8. The second-order valence-corrected chi connectivity index (χ2v) is 8.84. The van der Waals surface area contributed by atoms with Gasteiger partial charge in [-0.15, -0.1) is 10.2 Å². The highest BCUT2D eigenvalue weighted by Gasteiger charge is 2.22. The van der Waals surface area contributed by atoms with Crippen LogP contribution in [0.5, 0.6) is 0 Å². The van der Waals surface area contributed by atoms with Crippen LogP contribution >= 0.6 is 11.8 Å². The third-order valence-electron chi connectivity index (χ3n) is 5.41. The van der Waals surface area contributed by atoms with Crippen LogP contribution in [-0.2, 0) is 30.1 Å². The van der Waals surface area contributed by atoms with E-state index in [9.17, 15) is 0 Å². The van der Waals surface area contributed by atoms with Crippen LogP contribution in [0.25, 0.3) is 0 Å². The summed E-state index contributed by atoms with van der Waals surface area (Å²) in [7, 11) is 2.11. The summed E-state index contributed by atoms with van der Waals surface area (Å²) >= 11 is 1.75. The van der Waals surface area contributed by atoms with Crippen molar-refractivity contribution in [2.45, 2.75) is 56.4 Å². The topological polar surface area (TPSA) is 56.1 Å². The molecule has 0 radical (unpaired) electrons. The number of aromatic nitrogens is 4. The van der Waals surface area contributed by atoms with Gasteiger partial charge in [-0.2, -0.15) is 0 Å². The molecule has 0 N–H and O–H groups in total. The zero-order valence-electron chi connectivity index (χ0n) is 17.7. The molecule has 0 bridgehead atoms. The summed E-state index contributed by atoms with van der Waals surface area (Å²) in [6.45, 7) is 5.39. The first-order valence-corrected chi connectivity index (χ1v) is 11.5. The molecular formula is C23H29N5OS. The fraction of sp³-hybridized carbons (Fsp3) is 0.435. The van der Waals surface area contributed by atoms with E-state index in [2.05, 4.69) is 69.0 Å². The fourth-order valence-corrected chi connectivity index (χ4v) is 4.78. The molecule has 158 valence electrons. The van der Waals surface area contributed by atoms with E-state index < -0.39 is 0 Å². The summed E-state index contributed by atoms with van der Waals surface area (Å²) in [6, 6.07) is 12.6. The molecule has 7 heteroatoms. The van der Waals surface area contributed by atoms with Crippen molar-refractivity contribution in [3.63, 3.8) is 0 Å². The second-order valence-electron chi connectivity index (χ2n) is 7.89. The Morgan fingerprint density at radius 3 is 2.83 bits per heavy atom. The zero-order valence-corrected chi connectivity index (χ0v) is 18.5. The number of rotatable bonds is 9. The Hall–Kier alpha value is -2.22. The molecule has 3 aromatic rings. The van der Waals surface area contributed by atoms with Crippen molar-refractivity contribution >= 4 is 11.8 Å². The van der Waals surface area contributed by atoms with Gasteiger partial charge in [0.15, 0.2) is 5.16 Å². The molecule has 3 heterocycles. The van der Waals surface area contributed by atoms with Gasteiger partial charge in [0.2, 0.25) is 0 Å². The van der Waals surface area contributed by atoms with Crippen molar-refractivity contribution in [2.24, 2.45) is 0 Å². The maximum Gasteiger partial charge on any atom is 0.191 e. The van der Waals surface area contributed by atoms with Crippen LogP contribution in [0.2, 0.25) is 0 Å². The lowest BCUT2D eigenvalue weighted by molar-refractivity contribution is 0.0934. The molecule has 1 atom stereocenters. The van der Waals surface area contributed by atoms with Crippen LogP contribution < -0.4 is 0 Å². The third-order valence-corrected chi connectivity index (χ3v) is 6.42. The predicted molar refractivity (Wildman–Crippen MR) is 119 cm³/mol. The van der Waals surface area contributed by atoms with Crippen LogP contribution in [0.3, 0.4) is 0 Å². The van der Waals surface area contributed by atoms with Gasteiger partial charge in [0, 0.05) is 31.3 Å². The number of hydrogen-bond acceptors (Lipinski definition) is 6. The van der Waals surface area contributed by atoms with Crippen molar-refractivity contribution in [3.8, 4) is 0 Å². The van der Waals surface area contributed by atoms with E-state index in [1.54, 1.807) is 18.0 Å². The van der Waals surface area contributed by atoms with E-state index in [4.69, 9.17) is 4.74 Å². The van der Waals surface area contributed by atoms with Crippen molar-refractivity contribution < 1.29 is 4.74 Å². The maximum absolute atomic E-state index is 5.91. The summed E-state index contributed by atoms with van der Waals surface area (Å²) < 4.78 is 8.17.